The Balaban J connectivity index is 1.86. The van der Waals surface area contributed by atoms with Gasteiger partial charge in [-0.25, -0.2) is 0 Å². The molecule has 2 N–H and O–H groups in total. The minimum absolute atomic E-state index is 0.376. The lowest BCUT2D eigenvalue weighted by atomic mass is 10.2. The number of hydrogen-bond acceptors (Lipinski definition) is 4. The quantitative estimate of drug-likeness (QED) is 0.777. The van der Waals surface area contributed by atoms with Crippen molar-refractivity contribution < 1.29 is 4.74 Å². The Morgan fingerprint density at radius 1 is 1.00 bits per heavy atom. The predicted molar refractivity (Wildman–Crippen MR) is 74.7 cm³/mol. The lowest BCUT2D eigenvalue weighted by molar-refractivity contribution is 0.304. The molecule has 2 aromatic heterocycles. The SMILES string of the molecule is Nc1ccnc(COc2cccc3cccnc23)c1. The van der Waals surface area contributed by atoms with Crippen LogP contribution in [0.4, 0.5) is 5.69 Å². The molecular formula is C15H13N3O. The van der Waals surface area contributed by atoms with E-state index in [0.717, 1.165) is 22.3 Å². The molecular weight excluding hydrogens is 238 g/mol. The van der Waals surface area contributed by atoms with Crippen LogP contribution in [-0.4, -0.2) is 9.97 Å². The number of hydrogen-bond donors (Lipinski definition) is 1. The molecule has 0 unspecified atom stereocenters. The number of ether oxygens (including phenoxy) is 1. The van der Waals surface area contributed by atoms with Gasteiger partial charge in [0.2, 0.25) is 0 Å². The fourth-order valence-electron chi connectivity index (χ4n) is 1.92. The Hall–Kier alpha value is -2.62. The number of nitrogen functional groups attached to an aromatic ring is 1. The van der Waals surface area contributed by atoms with Gasteiger partial charge >= 0.3 is 0 Å². The summed E-state index contributed by atoms with van der Waals surface area (Å²) in [6, 6.07) is 13.3. The average Bonchev–Trinajstić information content (AvgIpc) is 2.45. The lowest BCUT2D eigenvalue weighted by Crippen LogP contribution is -2.00. The van der Waals surface area contributed by atoms with Crippen LogP contribution in [0, 0.1) is 0 Å². The minimum Gasteiger partial charge on any atom is -0.485 e. The Kier molecular flexibility index (Phi) is 2.98. The maximum atomic E-state index is 5.78. The summed E-state index contributed by atoms with van der Waals surface area (Å²) in [5.41, 5.74) is 8.05. The van der Waals surface area contributed by atoms with Crippen LogP contribution < -0.4 is 10.5 Å². The minimum atomic E-state index is 0.376. The summed E-state index contributed by atoms with van der Waals surface area (Å²) in [4.78, 5) is 8.55. The van der Waals surface area contributed by atoms with Gasteiger partial charge in [-0.05, 0) is 24.3 Å². The van der Waals surface area contributed by atoms with E-state index in [2.05, 4.69) is 9.97 Å². The summed E-state index contributed by atoms with van der Waals surface area (Å²) < 4.78 is 5.78. The summed E-state index contributed by atoms with van der Waals surface area (Å²) in [7, 11) is 0. The van der Waals surface area contributed by atoms with E-state index in [1.165, 1.54) is 0 Å². The van der Waals surface area contributed by atoms with Gasteiger partial charge in [0.15, 0.2) is 0 Å². The molecule has 94 valence electrons. The van der Waals surface area contributed by atoms with Crippen molar-refractivity contribution in [1.29, 1.82) is 0 Å². The molecule has 0 amide bonds. The van der Waals surface area contributed by atoms with Crippen LogP contribution in [0.1, 0.15) is 5.69 Å². The number of pyridine rings is 2. The molecule has 0 aliphatic carbocycles. The first-order chi connectivity index (χ1) is 9.33. The summed E-state index contributed by atoms with van der Waals surface area (Å²) in [6.07, 6.45) is 3.43. The van der Waals surface area contributed by atoms with Crippen molar-refractivity contribution in [1.82, 2.24) is 9.97 Å². The van der Waals surface area contributed by atoms with Gasteiger partial charge in [-0.3, -0.25) is 9.97 Å². The molecule has 0 spiro atoms. The van der Waals surface area contributed by atoms with E-state index in [1.54, 1.807) is 24.5 Å². The first kappa shape index (κ1) is 11.5. The molecule has 19 heavy (non-hydrogen) atoms. The fourth-order valence-corrected chi connectivity index (χ4v) is 1.92. The number of fused-ring (bicyclic) bond motifs is 1. The highest BCUT2D eigenvalue weighted by Crippen LogP contribution is 2.23. The zero-order valence-corrected chi connectivity index (χ0v) is 10.3. The van der Waals surface area contributed by atoms with E-state index in [9.17, 15) is 0 Å². The van der Waals surface area contributed by atoms with E-state index < -0.39 is 0 Å². The highest BCUT2D eigenvalue weighted by molar-refractivity contribution is 5.84. The Morgan fingerprint density at radius 2 is 1.89 bits per heavy atom. The van der Waals surface area contributed by atoms with Crippen molar-refractivity contribution in [3.63, 3.8) is 0 Å². The number of para-hydroxylation sites is 1. The molecule has 0 radical (unpaired) electrons. The van der Waals surface area contributed by atoms with E-state index in [1.807, 2.05) is 30.3 Å². The van der Waals surface area contributed by atoms with Crippen LogP contribution in [-0.2, 0) is 6.61 Å². The fraction of sp³-hybridized carbons (Fsp3) is 0.0667. The summed E-state index contributed by atoms with van der Waals surface area (Å²) in [5.74, 6) is 0.752. The predicted octanol–water partition coefficient (Wildman–Crippen LogP) is 2.79. The maximum Gasteiger partial charge on any atom is 0.146 e. The van der Waals surface area contributed by atoms with Crippen LogP contribution in [0.15, 0.2) is 54.9 Å². The van der Waals surface area contributed by atoms with E-state index in [-0.39, 0.29) is 0 Å². The zero-order chi connectivity index (χ0) is 13.1. The van der Waals surface area contributed by atoms with Crippen molar-refractivity contribution >= 4 is 16.6 Å². The standard InChI is InChI=1S/C15H13N3O/c16-12-6-8-17-13(9-12)10-19-14-5-1-3-11-4-2-7-18-15(11)14/h1-9H,10H2,(H2,16,17). The highest BCUT2D eigenvalue weighted by atomic mass is 16.5. The molecule has 1 aromatic carbocycles. The molecule has 0 bridgehead atoms. The first-order valence-corrected chi connectivity index (χ1v) is 6.00. The molecule has 0 saturated heterocycles. The molecule has 0 aliphatic heterocycles. The number of nitrogens with zero attached hydrogens (tertiary/aromatic N) is 2. The van der Waals surface area contributed by atoms with Crippen LogP contribution in [0.3, 0.4) is 0 Å². The van der Waals surface area contributed by atoms with Crippen molar-refractivity contribution in [3.8, 4) is 5.75 Å². The second-order valence-corrected chi connectivity index (χ2v) is 4.20. The number of benzene rings is 1. The summed E-state index contributed by atoms with van der Waals surface area (Å²) in [5, 5.41) is 1.06. The third-order valence-corrected chi connectivity index (χ3v) is 2.81. The average molecular weight is 251 g/mol. The summed E-state index contributed by atoms with van der Waals surface area (Å²) >= 11 is 0. The van der Waals surface area contributed by atoms with Gasteiger partial charge in [-0.15, -0.1) is 0 Å². The molecule has 0 fully saturated rings. The molecule has 0 atom stereocenters. The molecule has 0 saturated carbocycles. The first-order valence-electron chi connectivity index (χ1n) is 6.00. The second kappa shape index (κ2) is 4.94. The van der Waals surface area contributed by atoms with Gasteiger partial charge in [0.25, 0.3) is 0 Å². The van der Waals surface area contributed by atoms with Gasteiger partial charge in [0, 0.05) is 23.5 Å². The maximum absolute atomic E-state index is 5.78. The molecule has 3 aromatic rings. The van der Waals surface area contributed by atoms with Gasteiger partial charge in [0.05, 0.1) is 5.69 Å². The molecule has 3 rings (SSSR count). The number of rotatable bonds is 3. The van der Waals surface area contributed by atoms with Gasteiger partial charge < -0.3 is 10.5 Å². The van der Waals surface area contributed by atoms with Crippen LogP contribution in [0.25, 0.3) is 10.9 Å². The number of nitrogens with two attached hydrogens (primary N) is 1. The normalized spacial score (nSPS) is 10.5. The second-order valence-electron chi connectivity index (χ2n) is 4.20. The van der Waals surface area contributed by atoms with Gasteiger partial charge in [-0.1, -0.05) is 18.2 Å². The van der Waals surface area contributed by atoms with E-state index >= 15 is 0 Å². The Bertz CT molecular complexity index is 707. The smallest absolute Gasteiger partial charge is 0.146 e. The lowest BCUT2D eigenvalue weighted by Gasteiger charge is -2.08. The van der Waals surface area contributed by atoms with Crippen LogP contribution >= 0.6 is 0 Å². The zero-order valence-electron chi connectivity index (χ0n) is 10.3. The van der Waals surface area contributed by atoms with Gasteiger partial charge in [0.1, 0.15) is 17.9 Å². The van der Waals surface area contributed by atoms with Crippen molar-refractivity contribution in [3.05, 3.63) is 60.6 Å². The molecule has 2 heterocycles. The van der Waals surface area contributed by atoms with Crippen molar-refractivity contribution in [2.45, 2.75) is 6.61 Å². The Morgan fingerprint density at radius 3 is 2.79 bits per heavy atom. The third kappa shape index (κ3) is 2.47. The monoisotopic (exact) mass is 251 g/mol. The largest absolute Gasteiger partial charge is 0.485 e. The summed E-state index contributed by atoms with van der Waals surface area (Å²) in [6.45, 7) is 0.376. The highest BCUT2D eigenvalue weighted by Gasteiger charge is 2.03. The van der Waals surface area contributed by atoms with Crippen LogP contribution in [0.2, 0.25) is 0 Å². The van der Waals surface area contributed by atoms with Crippen molar-refractivity contribution in [2.75, 3.05) is 5.73 Å². The van der Waals surface area contributed by atoms with E-state index in [0.29, 0.717) is 12.3 Å². The Labute approximate surface area is 110 Å². The molecule has 0 aliphatic rings. The topological polar surface area (TPSA) is 61.0 Å². The third-order valence-electron chi connectivity index (χ3n) is 2.81. The molecule has 4 nitrogen and oxygen atoms in total. The van der Waals surface area contributed by atoms with E-state index in [4.69, 9.17) is 10.5 Å². The van der Waals surface area contributed by atoms with Crippen molar-refractivity contribution in [2.24, 2.45) is 0 Å². The van der Waals surface area contributed by atoms with Crippen LogP contribution in [0.5, 0.6) is 5.75 Å². The number of aromatic nitrogens is 2. The molecule has 4 heteroatoms. The van der Waals surface area contributed by atoms with Gasteiger partial charge in [-0.2, -0.15) is 0 Å². The number of anilines is 1.